The normalized spacial score (nSPS) is 15.4. The van der Waals surface area contributed by atoms with Crippen LogP contribution >= 0.6 is 0 Å². The molecule has 2 atom stereocenters. The molecule has 1 aliphatic carbocycles. The number of unbranched alkanes of at least 4 members (excludes halogenated alkanes) is 9. The minimum Gasteiger partial charge on any atom is -0.504 e. The smallest absolute Gasteiger partial charge is 0.204 e. The second-order valence-electron chi connectivity index (χ2n) is 13.2. The molecule has 7 nitrogen and oxygen atoms in total. The number of benzene rings is 2. The van der Waals surface area contributed by atoms with Gasteiger partial charge in [-0.05, 0) is 51.7 Å². The predicted octanol–water partition coefficient (Wildman–Crippen LogP) is 9.15. The van der Waals surface area contributed by atoms with Gasteiger partial charge in [-0.1, -0.05) is 124 Å². The molecule has 0 fully saturated rings. The summed E-state index contributed by atoms with van der Waals surface area (Å²) in [4.78, 5) is 27.7. The van der Waals surface area contributed by atoms with Gasteiger partial charge in [0, 0.05) is 23.7 Å². The van der Waals surface area contributed by atoms with Crippen molar-refractivity contribution in [3.05, 3.63) is 82.4 Å². The molecular weight excluding hydrogens is 586 g/mol. The number of carbonyl (C=O) groups is 1. The Labute approximate surface area is 281 Å². The molecule has 252 valence electrons. The number of Topliss-reactive ketones (excluding diaryl/α,β-unsaturated/α-hetero) is 1. The number of ketones is 1. The molecule has 2 unspecified atom stereocenters. The molecule has 1 aromatic heterocycles. The van der Waals surface area contributed by atoms with E-state index in [0.29, 0.717) is 18.3 Å². The third-order valence-corrected chi connectivity index (χ3v) is 8.92. The first-order valence-electron chi connectivity index (χ1n) is 17.5. The number of aliphatic hydroxyl groups is 2. The van der Waals surface area contributed by atoms with Crippen molar-refractivity contribution in [1.29, 1.82) is 0 Å². The van der Waals surface area contributed by atoms with Crippen LogP contribution in [0.4, 0.5) is 0 Å². The molecule has 2 N–H and O–H groups in total. The van der Waals surface area contributed by atoms with Crippen LogP contribution in [0.2, 0.25) is 0 Å². The number of rotatable bonds is 18. The lowest BCUT2D eigenvalue weighted by molar-refractivity contribution is -0.121. The Kier molecular flexibility index (Phi) is 13.9. The van der Waals surface area contributed by atoms with E-state index in [1.807, 2.05) is 52.0 Å². The average Bonchev–Trinajstić information content (AvgIpc) is 3.03. The fourth-order valence-electron chi connectivity index (χ4n) is 6.19. The third kappa shape index (κ3) is 10.4. The van der Waals surface area contributed by atoms with E-state index < -0.39 is 23.6 Å². The summed E-state index contributed by atoms with van der Waals surface area (Å²) in [6.07, 6.45) is 15.3. The van der Waals surface area contributed by atoms with Gasteiger partial charge in [-0.15, -0.1) is 0 Å². The molecule has 7 heteroatoms. The average molecular weight is 640 g/mol. The van der Waals surface area contributed by atoms with Gasteiger partial charge < -0.3 is 14.9 Å². The van der Waals surface area contributed by atoms with Crippen molar-refractivity contribution < 1.29 is 19.7 Å². The highest BCUT2D eigenvalue weighted by atomic mass is 16.5. The number of allylic oxidation sites excluding steroid dienone is 4. The van der Waals surface area contributed by atoms with Crippen LogP contribution in [0.3, 0.4) is 0 Å². The molecular formula is C40H53N3O4. The maximum absolute atomic E-state index is 13.3. The molecule has 1 aliphatic rings. The number of aryl methyl sites for hydroxylation is 4. The van der Waals surface area contributed by atoms with E-state index in [1.54, 1.807) is 12.2 Å². The molecule has 0 aliphatic heterocycles. The maximum atomic E-state index is 13.3. The van der Waals surface area contributed by atoms with Crippen LogP contribution in [-0.4, -0.2) is 50.3 Å². The summed E-state index contributed by atoms with van der Waals surface area (Å²) in [6, 6.07) is 12.2. The maximum Gasteiger partial charge on any atom is 0.204 e. The summed E-state index contributed by atoms with van der Waals surface area (Å²) in [5, 5.41) is 21.8. The highest BCUT2D eigenvalue weighted by molar-refractivity contribution is 6.06. The van der Waals surface area contributed by atoms with Gasteiger partial charge in [0.15, 0.2) is 23.2 Å². The van der Waals surface area contributed by atoms with Crippen LogP contribution in [0.1, 0.15) is 106 Å². The first-order chi connectivity index (χ1) is 22.7. The van der Waals surface area contributed by atoms with Crippen LogP contribution < -0.4 is 0 Å². The zero-order chi connectivity index (χ0) is 33.8. The van der Waals surface area contributed by atoms with Crippen LogP contribution in [0.15, 0.2) is 54.3 Å². The number of aromatic nitrogens is 3. The van der Waals surface area contributed by atoms with E-state index >= 15 is 0 Å². The predicted molar refractivity (Wildman–Crippen MR) is 190 cm³/mol. The van der Waals surface area contributed by atoms with Crippen molar-refractivity contribution in [3.63, 3.8) is 0 Å². The van der Waals surface area contributed by atoms with Gasteiger partial charge in [0.2, 0.25) is 5.78 Å². The van der Waals surface area contributed by atoms with Crippen LogP contribution in [0.5, 0.6) is 0 Å². The Morgan fingerprint density at radius 3 is 1.79 bits per heavy atom. The number of hydrogen-bond acceptors (Lipinski definition) is 7. The molecule has 0 bridgehead atoms. The van der Waals surface area contributed by atoms with Crippen molar-refractivity contribution in [2.24, 2.45) is 5.92 Å². The largest absolute Gasteiger partial charge is 0.504 e. The van der Waals surface area contributed by atoms with E-state index in [2.05, 4.69) is 19.1 Å². The summed E-state index contributed by atoms with van der Waals surface area (Å²) < 4.78 is 5.72. The third-order valence-electron chi connectivity index (χ3n) is 8.92. The molecule has 3 aromatic rings. The summed E-state index contributed by atoms with van der Waals surface area (Å²) in [5.74, 6) is -0.348. The van der Waals surface area contributed by atoms with Crippen molar-refractivity contribution in [3.8, 4) is 22.8 Å². The number of nitrogens with zero attached hydrogens (tertiary/aromatic N) is 3. The Morgan fingerprint density at radius 2 is 1.26 bits per heavy atom. The van der Waals surface area contributed by atoms with Crippen LogP contribution in [0, 0.1) is 33.6 Å². The van der Waals surface area contributed by atoms with Crippen molar-refractivity contribution in [2.75, 3.05) is 13.2 Å². The minimum absolute atomic E-state index is 0.165. The highest BCUT2D eigenvalue weighted by Gasteiger charge is 2.30. The Balaban J connectivity index is 1.38. The van der Waals surface area contributed by atoms with E-state index in [4.69, 9.17) is 19.7 Å². The first-order valence-corrected chi connectivity index (χ1v) is 17.5. The standard InChI is InChI=1S/C40H53N3O4/c1-6-7-8-9-10-11-12-13-14-15-22-47-26-32(44)25-31-18-21-35(37(46)36(31)45)40-42-38(33-19-16-27(2)23-29(33)4)41-39(43-40)34-20-17-28(3)24-30(34)5/h16-21,23-24,31-32,44,46H,6-15,22,25-26H2,1-5H3. The van der Waals surface area contributed by atoms with Crippen molar-refractivity contribution >= 4 is 11.4 Å². The number of ether oxygens (including phenoxy) is 1. The van der Waals surface area contributed by atoms with Crippen LogP contribution in [-0.2, 0) is 9.53 Å². The number of aliphatic hydroxyl groups excluding tert-OH is 2. The van der Waals surface area contributed by atoms with E-state index in [-0.39, 0.29) is 24.4 Å². The molecule has 4 rings (SSSR count). The zero-order valence-electron chi connectivity index (χ0n) is 29.0. The minimum atomic E-state index is -0.810. The summed E-state index contributed by atoms with van der Waals surface area (Å²) in [6.45, 7) is 11.1. The SMILES string of the molecule is CCCCCCCCCCCCOCC(O)CC1C=CC(c2nc(-c3ccc(C)cc3C)nc(-c3ccc(C)cc3C)n2)=C(O)C1=O. The quantitative estimate of drug-likeness (QED) is 0.134. The van der Waals surface area contributed by atoms with E-state index in [1.165, 1.54) is 51.4 Å². The number of carbonyl (C=O) groups excluding carboxylic acids is 1. The van der Waals surface area contributed by atoms with Gasteiger partial charge in [-0.2, -0.15) is 0 Å². The van der Waals surface area contributed by atoms with Gasteiger partial charge >= 0.3 is 0 Å². The second-order valence-corrected chi connectivity index (χ2v) is 13.2. The van der Waals surface area contributed by atoms with Gasteiger partial charge in [0.25, 0.3) is 0 Å². The zero-order valence-corrected chi connectivity index (χ0v) is 29.0. The Hall–Kier alpha value is -3.68. The molecule has 2 aromatic carbocycles. The van der Waals surface area contributed by atoms with Gasteiger partial charge in [-0.25, -0.2) is 15.0 Å². The molecule has 0 radical (unpaired) electrons. The first kappa shape index (κ1) is 36.2. The highest BCUT2D eigenvalue weighted by Crippen LogP contribution is 2.31. The molecule has 0 spiro atoms. The second kappa shape index (κ2) is 18.0. The lowest BCUT2D eigenvalue weighted by Gasteiger charge is -2.20. The van der Waals surface area contributed by atoms with E-state index in [0.717, 1.165) is 46.2 Å². The van der Waals surface area contributed by atoms with Crippen molar-refractivity contribution in [1.82, 2.24) is 15.0 Å². The molecule has 1 heterocycles. The van der Waals surface area contributed by atoms with Gasteiger partial charge in [0.05, 0.1) is 18.3 Å². The Bertz CT molecular complexity index is 1490. The summed E-state index contributed by atoms with van der Waals surface area (Å²) in [7, 11) is 0. The fraction of sp³-hybridized carbons (Fsp3) is 0.500. The molecule has 0 amide bonds. The lowest BCUT2D eigenvalue weighted by atomic mass is 9.89. The van der Waals surface area contributed by atoms with Crippen molar-refractivity contribution in [2.45, 2.75) is 111 Å². The topological polar surface area (TPSA) is 105 Å². The summed E-state index contributed by atoms with van der Waals surface area (Å²) >= 11 is 0. The summed E-state index contributed by atoms with van der Waals surface area (Å²) in [5.41, 5.74) is 6.27. The van der Waals surface area contributed by atoms with E-state index in [9.17, 15) is 15.0 Å². The van der Waals surface area contributed by atoms with Gasteiger partial charge in [-0.3, -0.25) is 4.79 Å². The van der Waals surface area contributed by atoms with Crippen LogP contribution in [0.25, 0.3) is 28.3 Å². The Morgan fingerprint density at radius 1 is 0.745 bits per heavy atom. The van der Waals surface area contributed by atoms with Gasteiger partial charge in [0.1, 0.15) is 0 Å². The fourth-order valence-corrected chi connectivity index (χ4v) is 6.19. The molecule has 0 saturated heterocycles. The number of hydrogen-bond donors (Lipinski definition) is 2. The molecule has 47 heavy (non-hydrogen) atoms. The molecule has 0 saturated carbocycles. The lowest BCUT2D eigenvalue weighted by Crippen LogP contribution is -2.26. The monoisotopic (exact) mass is 639 g/mol.